The first-order valence-electron chi connectivity index (χ1n) is 7.10. The number of carbonyl (C=O) groups is 2. The summed E-state index contributed by atoms with van der Waals surface area (Å²) < 4.78 is 0.993. The van der Waals surface area contributed by atoms with E-state index in [0.29, 0.717) is 13.0 Å². The van der Waals surface area contributed by atoms with E-state index in [4.69, 9.17) is 0 Å². The van der Waals surface area contributed by atoms with Gasteiger partial charge in [0.05, 0.1) is 0 Å². The first kappa shape index (κ1) is 16.0. The molecule has 21 heavy (non-hydrogen) atoms. The third-order valence-corrected chi connectivity index (χ3v) is 4.76. The summed E-state index contributed by atoms with van der Waals surface area (Å²) >= 11 is 3.40. The molecule has 1 aliphatic rings. The Morgan fingerprint density at radius 1 is 1.14 bits per heavy atom. The minimum atomic E-state index is -0.860. The number of hydrogen-bond donors (Lipinski definition) is 1. The molecule has 1 N–H and O–H groups in total. The van der Waals surface area contributed by atoms with Crippen molar-refractivity contribution in [1.29, 1.82) is 0 Å². The maximum atomic E-state index is 12.7. The van der Waals surface area contributed by atoms with E-state index in [1.165, 1.54) is 0 Å². The van der Waals surface area contributed by atoms with Crippen molar-refractivity contribution < 1.29 is 9.59 Å². The molecule has 0 bridgehead atoms. The van der Waals surface area contributed by atoms with Crippen LogP contribution in [0.1, 0.15) is 39.7 Å². The first-order valence-corrected chi connectivity index (χ1v) is 7.89. The topological polar surface area (TPSA) is 49.4 Å². The second kappa shape index (κ2) is 5.44. The fourth-order valence-corrected chi connectivity index (χ4v) is 2.79. The van der Waals surface area contributed by atoms with Crippen molar-refractivity contribution >= 4 is 27.7 Å². The van der Waals surface area contributed by atoms with Crippen LogP contribution >= 0.6 is 15.9 Å². The highest BCUT2D eigenvalue weighted by molar-refractivity contribution is 9.10. The molecule has 0 aliphatic carbocycles. The number of nitrogens with one attached hydrogen (secondary N) is 1. The van der Waals surface area contributed by atoms with Crippen LogP contribution < -0.4 is 5.32 Å². The highest BCUT2D eigenvalue weighted by Gasteiger charge is 2.51. The summed E-state index contributed by atoms with van der Waals surface area (Å²) in [7, 11) is 0. The molecule has 0 saturated carbocycles. The van der Waals surface area contributed by atoms with Crippen molar-refractivity contribution in [1.82, 2.24) is 10.2 Å². The van der Waals surface area contributed by atoms with Gasteiger partial charge in [0, 0.05) is 11.0 Å². The van der Waals surface area contributed by atoms with E-state index < -0.39 is 11.1 Å². The molecule has 1 aliphatic heterocycles. The molecule has 1 aromatic carbocycles. The molecule has 5 heteroatoms. The number of halogens is 1. The molecule has 0 spiro atoms. The Hall–Kier alpha value is -1.36. The summed E-state index contributed by atoms with van der Waals surface area (Å²) in [6, 6.07) is 7.82. The zero-order valence-electron chi connectivity index (χ0n) is 12.9. The van der Waals surface area contributed by atoms with E-state index in [1.807, 2.05) is 38.1 Å². The Morgan fingerprint density at radius 2 is 1.71 bits per heavy atom. The number of benzene rings is 1. The molecule has 2 amide bonds. The van der Waals surface area contributed by atoms with Crippen LogP contribution in [0.4, 0.5) is 0 Å². The summed E-state index contributed by atoms with van der Waals surface area (Å²) in [5, 5.41) is 2.83. The van der Waals surface area contributed by atoms with Crippen molar-refractivity contribution in [2.24, 2.45) is 0 Å². The maximum Gasteiger partial charge on any atom is 0.248 e. The second-order valence-electron chi connectivity index (χ2n) is 6.22. The minimum Gasteiger partial charge on any atom is -0.340 e. The van der Waals surface area contributed by atoms with Crippen LogP contribution in [-0.4, -0.2) is 27.8 Å². The van der Waals surface area contributed by atoms with Crippen molar-refractivity contribution in [3.63, 3.8) is 0 Å². The predicted octanol–water partition coefficient (Wildman–Crippen LogP) is 2.85. The average molecular weight is 353 g/mol. The van der Waals surface area contributed by atoms with Gasteiger partial charge in [-0.25, -0.2) is 0 Å². The molecule has 2 rings (SSSR count). The van der Waals surface area contributed by atoms with Crippen molar-refractivity contribution in [2.75, 3.05) is 0 Å². The molecular weight excluding hydrogens is 332 g/mol. The van der Waals surface area contributed by atoms with Crippen LogP contribution in [0.2, 0.25) is 0 Å². The molecule has 0 aromatic heterocycles. The smallest absolute Gasteiger partial charge is 0.248 e. The molecule has 114 valence electrons. The van der Waals surface area contributed by atoms with Crippen LogP contribution in [0.15, 0.2) is 28.7 Å². The summed E-state index contributed by atoms with van der Waals surface area (Å²) in [5.41, 5.74) is -0.655. The molecule has 4 nitrogen and oxygen atoms in total. The van der Waals surface area contributed by atoms with Crippen molar-refractivity contribution in [3.05, 3.63) is 34.3 Å². The van der Waals surface area contributed by atoms with E-state index in [9.17, 15) is 9.59 Å². The fourth-order valence-electron chi connectivity index (χ4n) is 2.53. The highest BCUT2D eigenvalue weighted by Crippen LogP contribution is 2.30. The first-order chi connectivity index (χ1) is 9.70. The lowest BCUT2D eigenvalue weighted by Gasteiger charge is -2.49. The number of carbonyl (C=O) groups excluding carboxylic acids is 2. The van der Waals surface area contributed by atoms with E-state index in [0.717, 1.165) is 10.0 Å². The number of amides is 2. The normalized spacial score (nSPS) is 24.9. The Balaban J connectivity index is 2.37. The van der Waals surface area contributed by atoms with Gasteiger partial charge in [-0.15, -0.1) is 0 Å². The van der Waals surface area contributed by atoms with Gasteiger partial charge >= 0.3 is 0 Å². The zero-order chi connectivity index (χ0) is 15.8. The van der Waals surface area contributed by atoms with Gasteiger partial charge in [-0.3, -0.25) is 9.59 Å². The van der Waals surface area contributed by atoms with E-state index in [2.05, 4.69) is 21.2 Å². The lowest BCUT2D eigenvalue weighted by Crippen LogP contribution is -2.72. The Bertz CT molecular complexity index is 568. The molecule has 1 unspecified atom stereocenters. The molecule has 0 radical (unpaired) electrons. The van der Waals surface area contributed by atoms with Crippen molar-refractivity contribution in [2.45, 2.75) is 51.7 Å². The third kappa shape index (κ3) is 2.84. The van der Waals surface area contributed by atoms with Gasteiger partial charge in [-0.1, -0.05) is 35.0 Å². The average Bonchev–Trinajstić information content (AvgIpc) is 2.43. The molecular formula is C16H21BrN2O2. The number of piperazine rings is 1. The van der Waals surface area contributed by atoms with E-state index >= 15 is 0 Å². The van der Waals surface area contributed by atoms with Crippen LogP contribution in [0.25, 0.3) is 0 Å². The van der Waals surface area contributed by atoms with E-state index in [-0.39, 0.29) is 11.8 Å². The predicted molar refractivity (Wildman–Crippen MR) is 85.6 cm³/mol. The number of rotatable bonds is 3. The van der Waals surface area contributed by atoms with Crippen LogP contribution in [-0.2, 0) is 16.1 Å². The van der Waals surface area contributed by atoms with Gasteiger partial charge in [0.1, 0.15) is 11.1 Å². The third-order valence-electron chi connectivity index (χ3n) is 4.23. The number of nitrogens with zero attached hydrogens (tertiary/aromatic N) is 1. The largest absolute Gasteiger partial charge is 0.340 e. The lowest BCUT2D eigenvalue weighted by molar-refractivity contribution is -0.161. The van der Waals surface area contributed by atoms with Crippen LogP contribution in [0.5, 0.6) is 0 Å². The summed E-state index contributed by atoms with van der Waals surface area (Å²) in [6.07, 6.45) is 0.581. The minimum absolute atomic E-state index is 0.0469. The van der Waals surface area contributed by atoms with Gasteiger partial charge < -0.3 is 10.2 Å². The molecule has 1 atom stereocenters. The quantitative estimate of drug-likeness (QED) is 0.909. The molecule has 1 aromatic rings. The zero-order valence-corrected chi connectivity index (χ0v) is 14.5. The molecule has 1 heterocycles. The van der Waals surface area contributed by atoms with Gasteiger partial charge in [0.2, 0.25) is 11.8 Å². The van der Waals surface area contributed by atoms with Crippen LogP contribution in [0.3, 0.4) is 0 Å². The molecule has 1 saturated heterocycles. The second-order valence-corrected chi connectivity index (χ2v) is 7.14. The lowest BCUT2D eigenvalue weighted by atomic mass is 9.86. The Morgan fingerprint density at radius 3 is 2.24 bits per heavy atom. The van der Waals surface area contributed by atoms with E-state index in [1.54, 1.807) is 18.7 Å². The number of hydrogen-bond acceptors (Lipinski definition) is 2. The van der Waals surface area contributed by atoms with Crippen molar-refractivity contribution in [3.8, 4) is 0 Å². The Labute approximate surface area is 134 Å². The Kier molecular flexibility index (Phi) is 4.15. The highest BCUT2D eigenvalue weighted by atomic mass is 79.9. The fraction of sp³-hybridized carbons (Fsp3) is 0.500. The standard InChI is InChI=1S/C16H21BrN2O2/c1-5-16(4)13(20)18-15(2,3)14(21)19(16)10-11-6-8-12(17)9-7-11/h6-9H,5,10H2,1-4H3,(H,18,20). The summed E-state index contributed by atoms with van der Waals surface area (Å²) in [5.74, 6) is -0.138. The SMILES string of the molecule is CCC1(C)C(=O)NC(C)(C)C(=O)N1Cc1ccc(Br)cc1. The maximum absolute atomic E-state index is 12.7. The molecule has 1 fully saturated rings. The van der Waals surface area contributed by atoms with Gasteiger partial charge in [-0.05, 0) is 44.9 Å². The van der Waals surface area contributed by atoms with Crippen LogP contribution in [0, 0.1) is 0 Å². The van der Waals surface area contributed by atoms with Gasteiger partial charge in [0.15, 0.2) is 0 Å². The van der Waals surface area contributed by atoms with Gasteiger partial charge in [-0.2, -0.15) is 0 Å². The monoisotopic (exact) mass is 352 g/mol. The van der Waals surface area contributed by atoms with Gasteiger partial charge in [0.25, 0.3) is 0 Å². The summed E-state index contributed by atoms with van der Waals surface area (Å²) in [4.78, 5) is 26.9. The summed E-state index contributed by atoms with van der Waals surface area (Å²) in [6.45, 7) is 7.69.